The molecule has 12 aromatic rings. The van der Waals surface area contributed by atoms with E-state index in [0.717, 1.165) is 105 Å². The van der Waals surface area contributed by atoms with Gasteiger partial charge in [0.2, 0.25) is 5.95 Å². The van der Waals surface area contributed by atoms with E-state index in [1.165, 1.54) is 0 Å². The lowest BCUT2D eigenvalue weighted by atomic mass is 9.99. The maximum absolute atomic E-state index is 5.50. The van der Waals surface area contributed by atoms with Gasteiger partial charge in [0.1, 0.15) is 5.65 Å². The Balaban J connectivity index is 1.21. The molecule has 58 heavy (non-hydrogen) atoms. The van der Waals surface area contributed by atoms with E-state index in [-0.39, 0.29) is 0 Å². The van der Waals surface area contributed by atoms with Gasteiger partial charge in [0.05, 0.1) is 44.4 Å². The molecule has 0 radical (unpaired) electrons. The monoisotopic (exact) mass is 739 g/mol. The van der Waals surface area contributed by atoms with E-state index in [0.29, 0.717) is 5.95 Å². The van der Waals surface area contributed by atoms with Gasteiger partial charge in [-0.2, -0.15) is 0 Å². The summed E-state index contributed by atoms with van der Waals surface area (Å²) in [5.74, 6) is 0.601. The first-order valence-electron chi connectivity index (χ1n) is 19.6. The highest BCUT2D eigenvalue weighted by Gasteiger charge is 2.23. The Hall–Kier alpha value is -7.89. The van der Waals surface area contributed by atoms with Crippen LogP contribution in [0.1, 0.15) is 0 Å². The average Bonchev–Trinajstić information content (AvgIpc) is 3.86. The second-order valence-corrected chi connectivity index (χ2v) is 14.8. The lowest BCUT2D eigenvalue weighted by Crippen LogP contribution is -2.05. The van der Waals surface area contributed by atoms with E-state index in [1.807, 2.05) is 0 Å². The van der Waals surface area contributed by atoms with Crippen molar-refractivity contribution in [3.63, 3.8) is 0 Å². The highest BCUT2D eigenvalue weighted by molar-refractivity contribution is 6.27. The van der Waals surface area contributed by atoms with Gasteiger partial charge in [0.25, 0.3) is 0 Å². The summed E-state index contributed by atoms with van der Waals surface area (Å²) >= 11 is 0. The molecule has 5 heteroatoms. The topological polar surface area (TPSA) is 48.0 Å². The van der Waals surface area contributed by atoms with Crippen LogP contribution in [0.2, 0.25) is 0 Å². The number of rotatable bonds is 5. The lowest BCUT2D eigenvalue weighted by Gasteiger charge is -2.15. The molecule has 4 aromatic heterocycles. The largest absolute Gasteiger partial charge is 0.292 e. The molecule has 5 nitrogen and oxygen atoms in total. The molecule has 0 amide bonds. The molecule has 0 aliphatic carbocycles. The normalized spacial score (nSPS) is 11.8. The van der Waals surface area contributed by atoms with Crippen molar-refractivity contribution < 1.29 is 0 Å². The number of benzene rings is 8. The predicted molar refractivity (Wildman–Crippen MR) is 239 cm³/mol. The Labute approximate surface area is 333 Å². The maximum atomic E-state index is 5.50. The molecule has 0 bridgehead atoms. The third-order valence-electron chi connectivity index (χ3n) is 11.5. The summed E-state index contributed by atoms with van der Waals surface area (Å²) in [5.41, 5.74) is 14.4. The molecular weight excluding hydrogens is 707 g/mol. The molecule has 0 fully saturated rings. The number of nitrogens with zero attached hydrogens (tertiary/aromatic N) is 5. The molecule has 0 saturated heterocycles. The first-order chi connectivity index (χ1) is 28.8. The summed E-state index contributed by atoms with van der Waals surface area (Å²) in [6.07, 6.45) is 0. The summed E-state index contributed by atoms with van der Waals surface area (Å²) in [5, 5.41) is 5.63. The van der Waals surface area contributed by atoms with Gasteiger partial charge in [-0.05, 0) is 70.1 Å². The molecule has 0 aliphatic heterocycles. The van der Waals surface area contributed by atoms with Crippen molar-refractivity contribution in [3.8, 4) is 50.7 Å². The molecule has 270 valence electrons. The quantitative estimate of drug-likeness (QED) is 0.165. The fraction of sp³-hybridized carbons (Fsp3) is 0. The minimum absolute atomic E-state index is 0.601. The first kappa shape index (κ1) is 32.4. The van der Waals surface area contributed by atoms with Crippen LogP contribution in [0.15, 0.2) is 200 Å². The van der Waals surface area contributed by atoms with Gasteiger partial charge in [-0.25, -0.2) is 15.0 Å². The van der Waals surface area contributed by atoms with E-state index in [1.54, 1.807) is 0 Å². The van der Waals surface area contributed by atoms with E-state index in [2.05, 4.69) is 209 Å². The second kappa shape index (κ2) is 12.8. The number of aromatic nitrogens is 5. The third kappa shape index (κ3) is 5.00. The number of fused-ring (bicyclic) bond motifs is 12. The van der Waals surface area contributed by atoms with Crippen LogP contribution in [0, 0.1) is 0 Å². The van der Waals surface area contributed by atoms with Crippen LogP contribution < -0.4 is 0 Å². The van der Waals surface area contributed by atoms with E-state index >= 15 is 0 Å². The highest BCUT2D eigenvalue weighted by Crippen LogP contribution is 2.42. The lowest BCUT2D eigenvalue weighted by molar-refractivity contribution is 0.998. The molecule has 0 spiro atoms. The van der Waals surface area contributed by atoms with Gasteiger partial charge >= 0.3 is 0 Å². The van der Waals surface area contributed by atoms with Crippen molar-refractivity contribution in [1.29, 1.82) is 0 Å². The van der Waals surface area contributed by atoms with Gasteiger partial charge in [-0.15, -0.1) is 0 Å². The van der Waals surface area contributed by atoms with Crippen LogP contribution in [-0.2, 0) is 0 Å². The van der Waals surface area contributed by atoms with E-state index in [9.17, 15) is 0 Å². The molecule has 0 atom stereocenters. The Bertz CT molecular complexity index is 3460. The van der Waals surface area contributed by atoms with Gasteiger partial charge in [0.15, 0.2) is 0 Å². The average molecular weight is 740 g/mol. The summed E-state index contributed by atoms with van der Waals surface area (Å²) in [6, 6.07) is 70.7. The fourth-order valence-corrected chi connectivity index (χ4v) is 8.86. The van der Waals surface area contributed by atoms with E-state index in [4.69, 9.17) is 15.0 Å². The molecule has 8 aromatic carbocycles. The Morgan fingerprint density at radius 1 is 0.328 bits per heavy atom. The first-order valence-corrected chi connectivity index (χ1v) is 19.6. The van der Waals surface area contributed by atoms with Gasteiger partial charge in [0, 0.05) is 27.3 Å². The van der Waals surface area contributed by atoms with Crippen LogP contribution in [0.5, 0.6) is 0 Å². The highest BCUT2D eigenvalue weighted by atomic mass is 15.2. The Kier molecular flexibility index (Phi) is 7.16. The summed E-state index contributed by atoms with van der Waals surface area (Å²) in [6.45, 7) is 0. The number of pyridine rings is 1. The molecule has 0 saturated carbocycles. The van der Waals surface area contributed by atoms with Gasteiger partial charge in [-0.3, -0.25) is 8.97 Å². The standard InChI is InChI=1S/C53H33N5/c1-3-15-34(16-4-1)36-19-13-21-38(31-36)45-33-46(39-22-14-20-37(32-39)35-17-5-2-6-18-35)56-53(55-45)58-48-27-11-8-24-41(48)43-30-29-42-40-23-7-10-26-47(40)57-49-28-12-9-25-44(49)54-52(57)50(42)51(43)58/h1-33H. The SMILES string of the molecule is c1ccc(-c2cccc(-c3cc(-c4cccc(-c5ccccc5)c4)nc(-n4c5ccccc5c5ccc6c7ccccc7n7c8ccccc8nc7c6c54)n3)c2)cc1. The van der Waals surface area contributed by atoms with Crippen LogP contribution in [-0.4, -0.2) is 23.9 Å². The molecule has 0 N–H and O–H groups in total. The minimum Gasteiger partial charge on any atom is -0.292 e. The number of hydrogen-bond donors (Lipinski definition) is 0. The van der Waals surface area contributed by atoms with Gasteiger partial charge in [-0.1, -0.05) is 158 Å². The van der Waals surface area contributed by atoms with Crippen LogP contribution in [0.3, 0.4) is 0 Å². The van der Waals surface area contributed by atoms with Crippen LogP contribution in [0.25, 0.3) is 111 Å². The number of imidazole rings is 1. The molecule has 12 rings (SSSR count). The summed E-state index contributed by atoms with van der Waals surface area (Å²) in [7, 11) is 0. The van der Waals surface area contributed by atoms with Crippen molar-refractivity contribution in [2.75, 3.05) is 0 Å². The number of para-hydroxylation sites is 4. The fourth-order valence-electron chi connectivity index (χ4n) is 8.86. The van der Waals surface area contributed by atoms with Crippen molar-refractivity contribution in [2.24, 2.45) is 0 Å². The zero-order valence-corrected chi connectivity index (χ0v) is 31.3. The smallest absolute Gasteiger partial charge is 0.235 e. The van der Waals surface area contributed by atoms with E-state index < -0.39 is 0 Å². The van der Waals surface area contributed by atoms with Crippen molar-refractivity contribution in [2.45, 2.75) is 0 Å². The van der Waals surface area contributed by atoms with Crippen LogP contribution >= 0.6 is 0 Å². The van der Waals surface area contributed by atoms with Crippen LogP contribution in [0.4, 0.5) is 0 Å². The second-order valence-electron chi connectivity index (χ2n) is 14.8. The zero-order chi connectivity index (χ0) is 38.2. The maximum Gasteiger partial charge on any atom is 0.235 e. The molecule has 0 aliphatic rings. The van der Waals surface area contributed by atoms with Crippen molar-refractivity contribution in [1.82, 2.24) is 23.9 Å². The Morgan fingerprint density at radius 3 is 1.48 bits per heavy atom. The zero-order valence-electron chi connectivity index (χ0n) is 31.3. The molecule has 4 heterocycles. The Morgan fingerprint density at radius 2 is 0.828 bits per heavy atom. The molecular formula is C53H33N5. The van der Waals surface area contributed by atoms with Crippen molar-refractivity contribution >= 4 is 60.2 Å². The predicted octanol–water partition coefficient (Wildman–Crippen LogP) is 13.3. The van der Waals surface area contributed by atoms with Crippen molar-refractivity contribution in [3.05, 3.63) is 200 Å². The summed E-state index contributed by atoms with van der Waals surface area (Å²) in [4.78, 5) is 16.4. The number of hydrogen-bond acceptors (Lipinski definition) is 3. The minimum atomic E-state index is 0.601. The summed E-state index contributed by atoms with van der Waals surface area (Å²) < 4.78 is 4.59. The third-order valence-corrected chi connectivity index (χ3v) is 11.5. The van der Waals surface area contributed by atoms with Gasteiger partial charge < -0.3 is 0 Å². The molecule has 0 unspecified atom stereocenters.